The minimum Gasteiger partial charge on any atom is -0.497 e. The Morgan fingerprint density at radius 2 is 1.66 bits per heavy atom. The largest absolute Gasteiger partial charge is 0.497 e. The smallest absolute Gasteiger partial charge is 0.327 e. The maximum atomic E-state index is 13.6. The molecule has 2 amide bonds. The van der Waals surface area contributed by atoms with E-state index in [4.69, 9.17) is 9.47 Å². The van der Waals surface area contributed by atoms with Crippen LogP contribution in [0, 0.1) is 5.82 Å². The van der Waals surface area contributed by atoms with E-state index in [1.807, 2.05) is 12.1 Å². The van der Waals surface area contributed by atoms with Gasteiger partial charge in [-0.3, -0.25) is 10.2 Å². The second kappa shape index (κ2) is 11.5. The number of benzene rings is 2. The number of aromatic nitrogens is 2. The van der Waals surface area contributed by atoms with Gasteiger partial charge in [0, 0.05) is 29.2 Å². The Balaban J connectivity index is 0.000000421. The molecule has 5 rings (SSSR count). The lowest BCUT2D eigenvalue weighted by atomic mass is 10.0. The second-order valence-electron chi connectivity index (χ2n) is 8.38. The topological polar surface area (TPSA) is 88.6 Å². The van der Waals surface area contributed by atoms with Crippen molar-refractivity contribution in [2.24, 2.45) is 0 Å². The summed E-state index contributed by atoms with van der Waals surface area (Å²) in [4.78, 5) is 22.8. The van der Waals surface area contributed by atoms with E-state index in [9.17, 15) is 9.18 Å². The molecule has 0 bridgehead atoms. The molecule has 1 aliphatic carbocycles. The van der Waals surface area contributed by atoms with E-state index in [0.29, 0.717) is 23.8 Å². The Hall–Kier alpha value is -3.88. The van der Waals surface area contributed by atoms with E-state index in [2.05, 4.69) is 20.6 Å². The maximum absolute atomic E-state index is 13.6. The number of hydrogen-bond donors (Lipinski definition) is 2. The van der Waals surface area contributed by atoms with Crippen LogP contribution in [0.15, 0.2) is 48.7 Å². The molecule has 0 unspecified atom stereocenters. The molecule has 2 aromatic carbocycles. The van der Waals surface area contributed by atoms with Crippen molar-refractivity contribution in [2.45, 2.75) is 45.1 Å². The third-order valence-electron chi connectivity index (χ3n) is 5.95. The third-order valence-corrected chi connectivity index (χ3v) is 5.95. The Morgan fingerprint density at radius 1 is 0.971 bits per heavy atom. The average Bonchev–Trinajstić information content (AvgIpc) is 2.91. The van der Waals surface area contributed by atoms with E-state index in [0.717, 1.165) is 11.3 Å². The molecule has 184 valence electrons. The number of hydrogen-bond acceptors (Lipinski definition) is 6. The van der Waals surface area contributed by atoms with Crippen LogP contribution in [0.5, 0.6) is 11.5 Å². The van der Waals surface area contributed by atoms with Gasteiger partial charge in [-0.05, 0) is 36.4 Å². The first-order valence-corrected chi connectivity index (χ1v) is 11.8. The molecule has 0 spiro atoms. The zero-order valence-corrected chi connectivity index (χ0v) is 20.0. The van der Waals surface area contributed by atoms with Crippen molar-refractivity contribution < 1.29 is 18.7 Å². The van der Waals surface area contributed by atoms with Gasteiger partial charge in [-0.25, -0.2) is 14.2 Å². The summed E-state index contributed by atoms with van der Waals surface area (Å²) in [5.41, 5.74) is 2.06. The van der Waals surface area contributed by atoms with Crippen molar-refractivity contribution in [3.05, 3.63) is 60.0 Å². The summed E-state index contributed by atoms with van der Waals surface area (Å²) in [6.45, 7) is 0.331. The summed E-state index contributed by atoms with van der Waals surface area (Å²) in [5.74, 6) is 1.05. The highest BCUT2D eigenvalue weighted by Crippen LogP contribution is 2.29. The molecular weight excluding hydrogens is 449 g/mol. The third kappa shape index (κ3) is 6.17. The van der Waals surface area contributed by atoms with Gasteiger partial charge < -0.3 is 14.8 Å². The van der Waals surface area contributed by atoms with Gasteiger partial charge in [0.25, 0.3) is 0 Å². The first-order chi connectivity index (χ1) is 17.1. The monoisotopic (exact) mass is 479 g/mol. The number of rotatable bonds is 5. The highest BCUT2D eigenvalue weighted by molar-refractivity contribution is 6.03. The maximum Gasteiger partial charge on any atom is 0.327 e. The number of carbonyl (C=O) groups excluding carboxylic acids is 1. The predicted octanol–water partition coefficient (Wildman–Crippen LogP) is 6.27. The second-order valence-corrected chi connectivity index (χ2v) is 8.38. The lowest BCUT2D eigenvalue weighted by Gasteiger charge is -2.28. The fourth-order valence-electron chi connectivity index (χ4n) is 4.00. The molecule has 1 aliphatic heterocycles. The van der Waals surface area contributed by atoms with Crippen molar-refractivity contribution >= 4 is 29.2 Å². The van der Waals surface area contributed by atoms with Crippen LogP contribution >= 0.6 is 0 Å². The van der Waals surface area contributed by atoms with Gasteiger partial charge in [0.05, 0.1) is 20.8 Å². The fraction of sp³-hybridized carbons (Fsp3) is 0.346. The van der Waals surface area contributed by atoms with Gasteiger partial charge in [-0.15, -0.1) is 0 Å². The number of ether oxygens (including phenoxy) is 2. The van der Waals surface area contributed by atoms with Crippen LogP contribution in [0.4, 0.5) is 32.3 Å². The summed E-state index contributed by atoms with van der Waals surface area (Å²) >= 11 is 0. The number of anilines is 4. The molecule has 2 N–H and O–H groups in total. The van der Waals surface area contributed by atoms with Gasteiger partial charge in [0.15, 0.2) is 11.6 Å². The number of methoxy groups -OCH3 is 2. The zero-order chi connectivity index (χ0) is 24.6. The highest BCUT2D eigenvalue weighted by Gasteiger charge is 2.25. The standard InChI is InChI=1S/C20H18FN5O3.C6H12/c1-28-15-6-4-14(5-7-15)26-11-12-10-22-19(24-18(12)25-20(26)27)23-13-3-8-16(21)17(9-13)29-2;1-2-4-6-5-3-1/h3-10H,11H2,1-2H3,(H2,22,23,24,25,27);1-6H2. The van der Waals surface area contributed by atoms with E-state index < -0.39 is 5.82 Å². The van der Waals surface area contributed by atoms with Crippen LogP contribution in [0.1, 0.15) is 44.1 Å². The average molecular weight is 480 g/mol. The molecule has 2 heterocycles. The van der Waals surface area contributed by atoms with E-state index in [1.165, 1.54) is 57.8 Å². The SMILES string of the molecule is C1CCCCC1.COc1ccc(N2Cc3cnc(Nc4ccc(F)c(OC)c4)nc3NC2=O)cc1. The van der Waals surface area contributed by atoms with Crippen LogP contribution in [0.2, 0.25) is 0 Å². The van der Waals surface area contributed by atoms with Crippen LogP contribution in [-0.2, 0) is 6.54 Å². The molecule has 1 aromatic heterocycles. The Labute approximate surface area is 204 Å². The summed E-state index contributed by atoms with van der Waals surface area (Å²) in [6, 6.07) is 11.2. The first kappa shape index (κ1) is 24.3. The van der Waals surface area contributed by atoms with E-state index >= 15 is 0 Å². The molecule has 0 atom stereocenters. The molecule has 2 aliphatic rings. The number of fused-ring (bicyclic) bond motifs is 1. The molecule has 1 fully saturated rings. The van der Waals surface area contributed by atoms with Crippen molar-refractivity contribution in [1.82, 2.24) is 9.97 Å². The molecular formula is C26H30FN5O3. The summed E-state index contributed by atoms with van der Waals surface area (Å²) in [6.07, 6.45) is 10.6. The first-order valence-electron chi connectivity index (χ1n) is 11.8. The number of nitrogens with zero attached hydrogens (tertiary/aromatic N) is 3. The van der Waals surface area contributed by atoms with Gasteiger partial charge >= 0.3 is 6.03 Å². The molecule has 35 heavy (non-hydrogen) atoms. The Kier molecular flexibility index (Phi) is 7.97. The number of urea groups is 1. The van der Waals surface area contributed by atoms with Crippen LogP contribution < -0.4 is 25.0 Å². The van der Waals surface area contributed by atoms with Gasteiger partial charge in [-0.2, -0.15) is 4.98 Å². The quantitative estimate of drug-likeness (QED) is 0.448. The number of nitrogens with one attached hydrogen (secondary N) is 2. The van der Waals surface area contributed by atoms with Crippen LogP contribution in [-0.4, -0.2) is 30.2 Å². The lowest BCUT2D eigenvalue weighted by Crippen LogP contribution is -2.39. The number of carbonyl (C=O) groups is 1. The summed E-state index contributed by atoms with van der Waals surface area (Å²) < 4.78 is 23.7. The Morgan fingerprint density at radius 3 is 2.29 bits per heavy atom. The minimum atomic E-state index is -0.463. The van der Waals surface area contributed by atoms with Crippen molar-refractivity contribution in [2.75, 3.05) is 29.8 Å². The normalized spacial score (nSPS) is 14.7. The van der Waals surface area contributed by atoms with E-state index in [1.54, 1.807) is 36.4 Å². The van der Waals surface area contributed by atoms with Gasteiger partial charge in [0.2, 0.25) is 5.95 Å². The van der Waals surface area contributed by atoms with Crippen molar-refractivity contribution in [1.29, 1.82) is 0 Å². The summed E-state index contributed by atoms with van der Waals surface area (Å²) in [5, 5.41) is 5.75. The molecule has 3 aromatic rings. The highest BCUT2D eigenvalue weighted by atomic mass is 19.1. The van der Waals surface area contributed by atoms with Gasteiger partial charge in [0.1, 0.15) is 11.6 Å². The minimum absolute atomic E-state index is 0.108. The Bertz CT molecular complexity index is 1140. The van der Waals surface area contributed by atoms with E-state index in [-0.39, 0.29) is 17.7 Å². The zero-order valence-electron chi connectivity index (χ0n) is 20.0. The lowest BCUT2D eigenvalue weighted by molar-refractivity contribution is 0.256. The molecule has 0 saturated heterocycles. The summed E-state index contributed by atoms with van der Waals surface area (Å²) in [7, 11) is 2.98. The van der Waals surface area contributed by atoms with Crippen molar-refractivity contribution in [3.63, 3.8) is 0 Å². The number of amides is 2. The predicted molar refractivity (Wildman–Crippen MR) is 134 cm³/mol. The molecule has 0 radical (unpaired) electrons. The number of halogens is 1. The molecule has 1 saturated carbocycles. The van der Waals surface area contributed by atoms with Gasteiger partial charge in [-0.1, -0.05) is 38.5 Å². The fourth-order valence-corrected chi connectivity index (χ4v) is 4.00. The molecule has 8 nitrogen and oxygen atoms in total. The van der Waals surface area contributed by atoms with Crippen molar-refractivity contribution in [3.8, 4) is 11.5 Å². The molecule has 9 heteroatoms. The van der Waals surface area contributed by atoms with Crippen LogP contribution in [0.25, 0.3) is 0 Å². The van der Waals surface area contributed by atoms with Crippen LogP contribution in [0.3, 0.4) is 0 Å².